The number of aromatic nitrogens is 3. The van der Waals surface area contributed by atoms with Crippen molar-refractivity contribution in [3.63, 3.8) is 0 Å². The highest BCUT2D eigenvalue weighted by molar-refractivity contribution is 7.99. The van der Waals surface area contributed by atoms with E-state index < -0.39 is 0 Å². The van der Waals surface area contributed by atoms with Crippen LogP contribution in [-0.2, 0) is 9.59 Å². The highest BCUT2D eigenvalue weighted by atomic mass is 32.2. The molecule has 4 rings (SSSR count). The van der Waals surface area contributed by atoms with Crippen molar-refractivity contribution in [2.75, 3.05) is 51.6 Å². The minimum Gasteiger partial charge on any atom is -0.342 e. The first kappa shape index (κ1) is 19.4. The maximum atomic E-state index is 12.5. The van der Waals surface area contributed by atoms with Crippen LogP contribution in [0.1, 0.15) is 12.8 Å². The second kappa shape index (κ2) is 9.06. The fourth-order valence-corrected chi connectivity index (χ4v) is 4.83. The number of thiophene rings is 1. The molecule has 0 spiro atoms. The van der Waals surface area contributed by atoms with Crippen LogP contribution in [0.25, 0.3) is 10.7 Å². The number of amides is 2. The number of hydrogen-bond acceptors (Lipinski definition) is 7. The summed E-state index contributed by atoms with van der Waals surface area (Å²) in [5.74, 6) is 1.38. The summed E-state index contributed by atoms with van der Waals surface area (Å²) in [4.78, 5) is 36.2. The Morgan fingerprint density at radius 3 is 2.54 bits per heavy atom. The molecule has 1 N–H and O–H groups in total. The van der Waals surface area contributed by atoms with Crippen LogP contribution in [0.2, 0.25) is 0 Å². The third-order valence-electron chi connectivity index (χ3n) is 5.09. The molecule has 4 heterocycles. The second-order valence-corrected chi connectivity index (χ2v) is 8.87. The van der Waals surface area contributed by atoms with Gasteiger partial charge in [-0.25, -0.2) is 4.98 Å². The first-order valence-corrected chi connectivity index (χ1v) is 11.4. The van der Waals surface area contributed by atoms with Crippen molar-refractivity contribution < 1.29 is 9.59 Å². The molecule has 0 radical (unpaired) electrons. The van der Waals surface area contributed by atoms with Gasteiger partial charge in [-0.3, -0.25) is 19.6 Å². The van der Waals surface area contributed by atoms with E-state index in [0.29, 0.717) is 30.5 Å². The van der Waals surface area contributed by atoms with Crippen molar-refractivity contribution in [2.24, 2.45) is 0 Å². The standard InChI is InChI=1S/C18H24N6O2S2/c25-15(23-5-1-2-6-23)12-22-7-9-24(10-8-22)16(26)13-28-18-19-17(20-21-18)14-4-3-11-27-14/h3-4,11H,1-2,5-10,12-13H2,(H,19,20,21). The minimum atomic E-state index is 0.0954. The number of hydrogen-bond donors (Lipinski definition) is 1. The molecule has 28 heavy (non-hydrogen) atoms. The van der Waals surface area contributed by atoms with Crippen molar-refractivity contribution in [1.82, 2.24) is 29.9 Å². The quantitative estimate of drug-likeness (QED) is 0.711. The van der Waals surface area contributed by atoms with Gasteiger partial charge in [0.2, 0.25) is 17.0 Å². The van der Waals surface area contributed by atoms with Crippen molar-refractivity contribution in [3.05, 3.63) is 17.5 Å². The van der Waals surface area contributed by atoms with Crippen molar-refractivity contribution in [3.8, 4) is 10.7 Å². The van der Waals surface area contributed by atoms with Gasteiger partial charge in [0.05, 0.1) is 17.2 Å². The van der Waals surface area contributed by atoms with Gasteiger partial charge in [-0.05, 0) is 24.3 Å². The number of piperazine rings is 1. The zero-order valence-corrected chi connectivity index (χ0v) is 17.3. The van der Waals surface area contributed by atoms with E-state index in [1.807, 2.05) is 27.3 Å². The number of aromatic amines is 1. The molecule has 0 bridgehead atoms. The molecular weight excluding hydrogens is 396 g/mol. The van der Waals surface area contributed by atoms with Gasteiger partial charge >= 0.3 is 0 Å². The van der Waals surface area contributed by atoms with Gasteiger partial charge in [-0.15, -0.1) is 16.4 Å². The van der Waals surface area contributed by atoms with Crippen LogP contribution in [-0.4, -0.2) is 93.3 Å². The van der Waals surface area contributed by atoms with E-state index in [0.717, 1.165) is 49.7 Å². The molecule has 2 aliphatic heterocycles. The molecule has 0 unspecified atom stereocenters. The van der Waals surface area contributed by atoms with E-state index in [9.17, 15) is 9.59 Å². The predicted molar refractivity (Wildman–Crippen MR) is 109 cm³/mol. The number of H-pyrrole nitrogens is 1. The third-order valence-corrected chi connectivity index (χ3v) is 6.80. The topological polar surface area (TPSA) is 85.4 Å². The molecule has 0 aromatic carbocycles. The van der Waals surface area contributed by atoms with Crippen molar-refractivity contribution in [2.45, 2.75) is 18.0 Å². The number of rotatable bonds is 6. The van der Waals surface area contributed by atoms with Crippen molar-refractivity contribution >= 4 is 34.9 Å². The van der Waals surface area contributed by atoms with Crippen LogP contribution in [0.15, 0.2) is 22.7 Å². The van der Waals surface area contributed by atoms with E-state index in [2.05, 4.69) is 20.1 Å². The summed E-state index contributed by atoms with van der Waals surface area (Å²) in [6.45, 7) is 5.09. The summed E-state index contributed by atoms with van der Waals surface area (Å²) in [6, 6.07) is 3.95. The monoisotopic (exact) mass is 420 g/mol. The first-order valence-electron chi connectivity index (χ1n) is 9.56. The number of likely N-dealkylation sites (tertiary alicyclic amines) is 1. The first-order chi connectivity index (χ1) is 13.7. The van der Waals surface area contributed by atoms with Gasteiger partial charge in [0.15, 0.2) is 5.82 Å². The van der Waals surface area contributed by atoms with E-state index in [-0.39, 0.29) is 11.8 Å². The summed E-state index contributed by atoms with van der Waals surface area (Å²) in [5, 5.41) is 9.69. The normalized spacial score (nSPS) is 18.0. The molecule has 2 fully saturated rings. The fourth-order valence-electron chi connectivity index (χ4n) is 3.47. The molecule has 2 saturated heterocycles. The van der Waals surface area contributed by atoms with Crippen LogP contribution in [0.4, 0.5) is 0 Å². The van der Waals surface area contributed by atoms with Crippen molar-refractivity contribution in [1.29, 1.82) is 0 Å². The summed E-state index contributed by atoms with van der Waals surface area (Å²) >= 11 is 2.95. The predicted octanol–water partition coefficient (Wildman–Crippen LogP) is 1.39. The zero-order valence-electron chi connectivity index (χ0n) is 15.7. The summed E-state index contributed by atoms with van der Waals surface area (Å²) in [6.07, 6.45) is 2.23. The number of nitrogens with zero attached hydrogens (tertiary/aromatic N) is 5. The van der Waals surface area contributed by atoms with E-state index in [4.69, 9.17) is 0 Å². The molecular formula is C18H24N6O2S2. The molecule has 2 aromatic rings. The maximum absolute atomic E-state index is 12.5. The molecule has 0 atom stereocenters. The van der Waals surface area contributed by atoms with Crippen LogP contribution in [0.5, 0.6) is 0 Å². The van der Waals surface area contributed by atoms with Gasteiger partial charge in [0.25, 0.3) is 0 Å². The van der Waals surface area contributed by atoms with Gasteiger partial charge in [-0.1, -0.05) is 17.8 Å². The Morgan fingerprint density at radius 1 is 1.07 bits per heavy atom. The zero-order chi connectivity index (χ0) is 19.3. The molecule has 150 valence electrons. The van der Waals surface area contributed by atoms with Crippen LogP contribution < -0.4 is 0 Å². The lowest BCUT2D eigenvalue weighted by Crippen LogP contribution is -2.51. The molecule has 2 aliphatic rings. The average Bonchev–Trinajstić information content (AvgIpc) is 3.49. The number of thioether (sulfide) groups is 1. The number of carbonyl (C=O) groups is 2. The highest BCUT2D eigenvalue weighted by Crippen LogP contribution is 2.23. The summed E-state index contributed by atoms with van der Waals surface area (Å²) in [7, 11) is 0. The Labute approximate surface area is 172 Å². The second-order valence-electron chi connectivity index (χ2n) is 6.98. The van der Waals surface area contributed by atoms with Gasteiger partial charge in [-0.2, -0.15) is 0 Å². The maximum Gasteiger partial charge on any atom is 0.236 e. The Bertz CT molecular complexity index is 795. The third kappa shape index (κ3) is 4.73. The lowest BCUT2D eigenvalue weighted by Gasteiger charge is -2.35. The Balaban J connectivity index is 1.19. The summed E-state index contributed by atoms with van der Waals surface area (Å²) in [5.41, 5.74) is 0. The largest absolute Gasteiger partial charge is 0.342 e. The molecule has 0 aliphatic carbocycles. The minimum absolute atomic E-state index is 0.0954. The molecule has 8 nitrogen and oxygen atoms in total. The van der Waals surface area contributed by atoms with Crippen LogP contribution in [0, 0.1) is 0 Å². The SMILES string of the molecule is O=C(CSc1n[nH]c(-c2cccs2)n1)N1CCN(CC(=O)N2CCCC2)CC1. The van der Waals surface area contributed by atoms with Gasteiger partial charge < -0.3 is 9.80 Å². The smallest absolute Gasteiger partial charge is 0.236 e. The van der Waals surface area contributed by atoms with Gasteiger partial charge in [0.1, 0.15) is 0 Å². The Morgan fingerprint density at radius 2 is 1.82 bits per heavy atom. The Kier molecular flexibility index (Phi) is 6.28. The molecule has 2 aromatic heterocycles. The van der Waals surface area contributed by atoms with Crippen LogP contribution in [0.3, 0.4) is 0 Å². The lowest BCUT2D eigenvalue weighted by molar-refractivity contribution is -0.133. The van der Waals surface area contributed by atoms with Crippen LogP contribution >= 0.6 is 23.1 Å². The fraction of sp³-hybridized carbons (Fsp3) is 0.556. The average molecular weight is 421 g/mol. The van der Waals surface area contributed by atoms with E-state index in [1.165, 1.54) is 11.8 Å². The Hall–Kier alpha value is -1.91. The lowest BCUT2D eigenvalue weighted by atomic mass is 10.3. The highest BCUT2D eigenvalue weighted by Gasteiger charge is 2.25. The number of carbonyl (C=O) groups excluding carboxylic acids is 2. The number of nitrogens with one attached hydrogen (secondary N) is 1. The van der Waals surface area contributed by atoms with E-state index >= 15 is 0 Å². The van der Waals surface area contributed by atoms with Gasteiger partial charge in [0, 0.05) is 39.3 Å². The molecule has 2 amide bonds. The molecule has 0 saturated carbocycles. The van der Waals surface area contributed by atoms with E-state index in [1.54, 1.807) is 11.3 Å². The molecule has 10 heteroatoms. The summed E-state index contributed by atoms with van der Waals surface area (Å²) < 4.78 is 0.